The molecule has 0 spiro atoms. The summed E-state index contributed by atoms with van der Waals surface area (Å²) in [6, 6.07) is 0. The molecule has 0 aromatic carbocycles. The fourth-order valence-electron chi connectivity index (χ4n) is 2.79. The summed E-state index contributed by atoms with van der Waals surface area (Å²) in [4.78, 5) is 0. The van der Waals surface area contributed by atoms with Crippen molar-refractivity contribution >= 4 is 0 Å². The van der Waals surface area contributed by atoms with Gasteiger partial charge in [0.25, 0.3) is 0 Å². The molecule has 1 fully saturated rings. The largest absolute Gasteiger partial charge is 0.368 e. The Morgan fingerprint density at radius 3 is 2.20 bits per heavy atom. The first kappa shape index (κ1) is 12.9. The average molecular weight is 214 g/mol. The molecule has 1 saturated heterocycles. The molecule has 3 nitrogen and oxygen atoms in total. The van der Waals surface area contributed by atoms with E-state index < -0.39 is 0 Å². The minimum atomic E-state index is -0.194. The van der Waals surface area contributed by atoms with E-state index in [0.29, 0.717) is 6.54 Å². The van der Waals surface area contributed by atoms with Gasteiger partial charge in [0.15, 0.2) is 0 Å². The maximum atomic E-state index is 6.10. The highest BCUT2D eigenvalue weighted by molar-refractivity contribution is 5.12. The van der Waals surface area contributed by atoms with E-state index in [0.717, 1.165) is 19.4 Å². The predicted molar refractivity (Wildman–Crippen MR) is 63.9 cm³/mol. The van der Waals surface area contributed by atoms with Gasteiger partial charge in [-0.25, -0.2) is 0 Å². The van der Waals surface area contributed by atoms with Crippen LogP contribution in [-0.4, -0.2) is 29.8 Å². The molecule has 1 unspecified atom stereocenters. The van der Waals surface area contributed by atoms with Gasteiger partial charge in [0, 0.05) is 6.54 Å². The van der Waals surface area contributed by atoms with Gasteiger partial charge in [-0.15, -0.1) is 0 Å². The van der Waals surface area contributed by atoms with Crippen LogP contribution in [0.3, 0.4) is 0 Å². The van der Waals surface area contributed by atoms with Crippen LogP contribution in [0.5, 0.6) is 0 Å². The number of hydrogen-bond donors (Lipinski definition) is 2. The highest BCUT2D eigenvalue weighted by atomic mass is 16.5. The lowest BCUT2D eigenvalue weighted by molar-refractivity contribution is -0.0819. The zero-order chi connectivity index (χ0) is 11.7. The maximum absolute atomic E-state index is 6.10. The highest BCUT2D eigenvalue weighted by Gasteiger charge is 2.55. The average Bonchev–Trinajstić information content (AvgIpc) is 2.28. The fourth-order valence-corrected chi connectivity index (χ4v) is 2.79. The van der Waals surface area contributed by atoms with Crippen LogP contribution in [-0.2, 0) is 4.74 Å². The van der Waals surface area contributed by atoms with Gasteiger partial charge < -0.3 is 15.8 Å². The molecule has 90 valence electrons. The van der Waals surface area contributed by atoms with Crippen LogP contribution in [0.4, 0.5) is 0 Å². The van der Waals surface area contributed by atoms with E-state index in [9.17, 15) is 0 Å². The molecular weight excluding hydrogens is 188 g/mol. The third-order valence-electron chi connectivity index (χ3n) is 3.47. The van der Waals surface area contributed by atoms with Gasteiger partial charge in [0.05, 0.1) is 16.7 Å². The van der Waals surface area contributed by atoms with E-state index in [4.69, 9.17) is 10.5 Å². The van der Waals surface area contributed by atoms with Crippen LogP contribution >= 0.6 is 0 Å². The normalized spacial score (nSPS) is 33.2. The van der Waals surface area contributed by atoms with Crippen molar-refractivity contribution in [2.45, 2.75) is 64.2 Å². The molecule has 3 N–H and O–H groups in total. The summed E-state index contributed by atoms with van der Waals surface area (Å²) in [6.45, 7) is 12.3. The molecule has 1 heterocycles. The van der Waals surface area contributed by atoms with Crippen molar-refractivity contribution in [1.29, 1.82) is 0 Å². The summed E-state index contributed by atoms with van der Waals surface area (Å²) in [5.41, 5.74) is 5.61. The van der Waals surface area contributed by atoms with Gasteiger partial charge in [0.2, 0.25) is 0 Å². The van der Waals surface area contributed by atoms with Crippen LogP contribution in [0.25, 0.3) is 0 Å². The van der Waals surface area contributed by atoms with Crippen LogP contribution in [0.1, 0.15) is 47.5 Å². The van der Waals surface area contributed by atoms with Crippen molar-refractivity contribution in [3.63, 3.8) is 0 Å². The molecule has 0 amide bonds. The van der Waals surface area contributed by atoms with Crippen molar-refractivity contribution in [3.8, 4) is 0 Å². The van der Waals surface area contributed by atoms with Crippen LogP contribution in [0.15, 0.2) is 0 Å². The van der Waals surface area contributed by atoms with Crippen molar-refractivity contribution in [3.05, 3.63) is 0 Å². The summed E-state index contributed by atoms with van der Waals surface area (Å²) in [5.74, 6) is 0. The second kappa shape index (κ2) is 4.04. The Labute approximate surface area is 93.8 Å². The molecule has 0 aromatic heterocycles. The Hall–Kier alpha value is -0.120. The molecule has 0 aliphatic carbocycles. The van der Waals surface area contributed by atoms with Gasteiger partial charge in [-0.2, -0.15) is 0 Å². The molecule has 15 heavy (non-hydrogen) atoms. The zero-order valence-corrected chi connectivity index (χ0v) is 10.8. The summed E-state index contributed by atoms with van der Waals surface area (Å²) in [7, 11) is 0. The quantitative estimate of drug-likeness (QED) is 0.748. The van der Waals surface area contributed by atoms with Crippen molar-refractivity contribution in [1.82, 2.24) is 5.32 Å². The molecule has 0 aromatic rings. The number of hydrogen-bond acceptors (Lipinski definition) is 3. The lowest BCUT2D eigenvalue weighted by atomic mass is 9.79. The molecule has 1 aliphatic rings. The molecule has 3 heteroatoms. The number of rotatable bonds is 4. The Bertz CT molecular complexity index is 226. The predicted octanol–water partition coefficient (Wildman–Crippen LogP) is 1.66. The van der Waals surface area contributed by atoms with E-state index in [2.05, 4.69) is 39.9 Å². The Morgan fingerprint density at radius 2 is 1.87 bits per heavy atom. The topological polar surface area (TPSA) is 47.3 Å². The smallest absolute Gasteiger partial charge is 0.0827 e. The van der Waals surface area contributed by atoms with Gasteiger partial charge >= 0.3 is 0 Å². The van der Waals surface area contributed by atoms with Gasteiger partial charge in [-0.3, -0.25) is 0 Å². The second-order valence-electron chi connectivity index (χ2n) is 5.76. The SMILES string of the molecule is CCCNC1(CN)CC(C)(C)OC1(C)C. The van der Waals surface area contributed by atoms with E-state index >= 15 is 0 Å². The minimum absolute atomic E-state index is 0.0769. The van der Waals surface area contributed by atoms with Crippen LogP contribution in [0.2, 0.25) is 0 Å². The van der Waals surface area contributed by atoms with E-state index in [-0.39, 0.29) is 16.7 Å². The monoisotopic (exact) mass is 214 g/mol. The van der Waals surface area contributed by atoms with Gasteiger partial charge in [0.1, 0.15) is 0 Å². The molecular formula is C12H26N2O. The molecule has 1 aliphatic heterocycles. The van der Waals surface area contributed by atoms with E-state index in [1.54, 1.807) is 0 Å². The molecule has 1 rings (SSSR count). The lowest BCUT2D eigenvalue weighted by Gasteiger charge is -2.39. The summed E-state index contributed by atoms with van der Waals surface area (Å²) in [5, 5.41) is 3.59. The maximum Gasteiger partial charge on any atom is 0.0827 e. The van der Waals surface area contributed by atoms with Crippen LogP contribution < -0.4 is 11.1 Å². The first-order valence-corrected chi connectivity index (χ1v) is 5.94. The first-order valence-electron chi connectivity index (χ1n) is 5.94. The summed E-state index contributed by atoms with van der Waals surface area (Å²) >= 11 is 0. The standard InChI is InChI=1S/C12H26N2O/c1-6-7-14-12(9-13)8-10(2,3)15-11(12,4)5/h14H,6-9,13H2,1-5H3. The summed E-state index contributed by atoms with van der Waals surface area (Å²) < 4.78 is 6.10. The Morgan fingerprint density at radius 1 is 1.27 bits per heavy atom. The minimum Gasteiger partial charge on any atom is -0.368 e. The number of nitrogens with one attached hydrogen (secondary N) is 1. The van der Waals surface area contributed by atoms with E-state index in [1.807, 2.05) is 0 Å². The van der Waals surface area contributed by atoms with Gasteiger partial charge in [-0.05, 0) is 47.1 Å². The third kappa shape index (κ3) is 2.35. The van der Waals surface area contributed by atoms with E-state index in [1.165, 1.54) is 0 Å². The molecule has 1 atom stereocenters. The molecule has 0 radical (unpaired) electrons. The van der Waals surface area contributed by atoms with Crippen LogP contribution in [0, 0.1) is 0 Å². The van der Waals surface area contributed by atoms with Gasteiger partial charge in [-0.1, -0.05) is 6.92 Å². The Kier molecular flexibility index (Phi) is 3.49. The summed E-state index contributed by atoms with van der Waals surface area (Å²) in [6.07, 6.45) is 2.10. The fraction of sp³-hybridized carbons (Fsp3) is 1.00. The zero-order valence-electron chi connectivity index (χ0n) is 10.8. The van der Waals surface area contributed by atoms with Crippen molar-refractivity contribution < 1.29 is 4.74 Å². The first-order chi connectivity index (χ1) is 6.79. The molecule has 0 bridgehead atoms. The number of nitrogens with two attached hydrogens (primary N) is 1. The Balaban J connectivity index is 2.87. The second-order valence-corrected chi connectivity index (χ2v) is 5.76. The van der Waals surface area contributed by atoms with Crippen molar-refractivity contribution in [2.75, 3.05) is 13.1 Å². The highest BCUT2D eigenvalue weighted by Crippen LogP contribution is 2.44. The third-order valence-corrected chi connectivity index (χ3v) is 3.47. The molecule has 0 saturated carbocycles. The number of ether oxygens (including phenoxy) is 1. The lowest BCUT2D eigenvalue weighted by Crippen LogP contribution is -2.61. The van der Waals surface area contributed by atoms with Crippen molar-refractivity contribution in [2.24, 2.45) is 5.73 Å².